The average molecular weight is 558 g/mol. The molecule has 1 aliphatic carbocycles. The number of fused-ring (bicyclic) bond motifs is 1. The van der Waals surface area contributed by atoms with Gasteiger partial charge >= 0.3 is 12.3 Å². The van der Waals surface area contributed by atoms with Crippen LogP contribution < -0.4 is 9.47 Å². The van der Waals surface area contributed by atoms with E-state index in [2.05, 4.69) is 14.7 Å². The minimum atomic E-state index is -4.82. The molecule has 0 spiro atoms. The molecule has 11 heteroatoms. The third-order valence-corrected chi connectivity index (χ3v) is 7.08. The van der Waals surface area contributed by atoms with E-state index in [0.717, 1.165) is 18.4 Å². The highest BCUT2D eigenvalue weighted by atomic mass is 19.4. The number of imidazole rings is 1. The fourth-order valence-electron chi connectivity index (χ4n) is 5.16. The number of aromatic nitrogens is 3. The van der Waals surface area contributed by atoms with E-state index in [0.29, 0.717) is 35.4 Å². The lowest BCUT2D eigenvalue weighted by molar-refractivity contribution is -0.274. The zero-order chi connectivity index (χ0) is 28.4. The Hall–Kier alpha value is -4.15. The molecule has 4 aromatic rings. The SMILES string of the molecule is Cc1ccc(COc2cc(F)c3nc([C@H]4CCCCC4C(=O)O)n(Cc4ccc(OC(F)(F)F)cc4)c3c2)nc1. The monoisotopic (exact) mass is 557 g/mol. The number of hydrogen-bond acceptors (Lipinski definition) is 5. The number of halogens is 4. The molecule has 2 atom stereocenters. The molecule has 1 saturated carbocycles. The van der Waals surface area contributed by atoms with Crippen LogP contribution >= 0.6 is 0 Å². The van der Waals surface area contributed by atoms with Crippen LogP contribution in [0.1, 0.15) is 54.2 Å². The third-order valence-electron chi connectivity index (χ3n) is 7.08. The van der Waals surface area contributed by atoms with E-state index >= 15 is 4.39 Å². The van der Waals surface area contributed by atoms with Gasteiger partial charge in [-0.25, -0.2) is 9.37 Å². The van der Waals surface area contributed by atoms with Gasteiger partial charge in [-0.05, 0) is 49.1 Å². The first-order valence-corrected chi connectivity index (χ1v) is 12.9. The van der Waals surface area contributed by atoms with Gasteiger partial charge in [0.05, 0.1) is 17.1 Å². The predicted octanol–water partition coefficient (Wildman–Crippen LogP) is 6.76. The number of aryl methyl sites for hydroxylation is 1. The Bertz CT molecular complexity index is 1500. The van der Waals surface area contributed by atoms with Gasteiger partial charge in [0, 0.05) is 30.8 Å². The first kappa shape index (κ1) is 27.4. The highest BCUT2D eigenvalue weighted by Crippen LogP contribution is 2.40. The molecule has 1 fully saturated rings. The number of nitrogens with zero attached hydrogens (tertiary/aromatic N) is 3. The van der Waals surface area contributed by atoms with Crippen molar-refractivity contribution in [3.63, 3.8) is 0 Å². The lowest BCUT2D eigenvalue weighted by Crippen LogP contribution is -2.27. The molecule has 1 N–H and O–H groups in total. The van der Waals surface area contributed by atoms with Gasteiger partial charge in [-0.1, -0.05) is 31.0 Å². The van der Waals surface area contributed by atoms with Gasteiger partial charge in [0.2, 0.25) is 0 Å². The van der Waals surface area contributed by atoms with Crippen molar-refractivity contribution in [3.8, 4) is 11.5 Å². The third kappa shape index (κ3) is 6.19. The summed E-state index contributed by atoms with van der Waals surface area (Å²) in [5.41, 5.74) is 2.73. The minimum Gasteiger partial charge on any atom is -0.487 e. The quantitative estimate of drug-likeness (QED) is 0.241. The van der Waals surface area contributed by atoms with Crippen molar-refractivity contribution in [2.45, 2.75) is 58.0 Å². The molecule has 2 aromatic heterocycles. The van der Waals surface area contributed by atoms with Crippen LogP contribution in [-0.4, -0.2) is 32.0 Å². The molecular weight excluding hydrogens is 530 g/mol. The lowest BCUT2D eigenvalue weighted by Gasteiger charge is -2.28. The van der Waals surface area contributed by atoms with Gasteiger partial charge < -0.3 is 19.1 Å². The largest absolute Gasteiger partial charge is 0.573 e. The molecule has 210 valence electrons. The Morgan fingerprint density at radius 2 is 1.82 bits per heavy atom. The van der Waals surface area contributed by atoms with Crippen LogP contribution in [0.5, 0.6) is 11.5 Å². The second kappa shape index (κ2) is 11.1. The first-order valence-electron chi connectivity index (χ1n) is 12.9. The van der Waals surface area contributed by atoms with E-state index in [4.69, 9.17) is 4.74 Å². The topological polar surface area (TPSA) is 86.5 Å². The summed E-state index contributed by atoms with van der Waals surface area (Å²) in [4.78, 5) is 21.0. The van der Waals surface area contributed by atoms with Crippen molar-refractivity contribution < 1.29 is 36.9 Å². The van der Waals surface area contributed by atoms with E-state index in [1.807, 2.05) is 19.1 Å². The number of aliphatic carboxylic acids is 1. The zero-order valence-electron chi connectivity index (χ0n) is 21.6. The molecular formula is C29H27F4N3O4. The van der Waals surface area contributed by atoms with Crippen LogP contribution in [0.4, 0.5) is 17.6 Å². The number of ether oxygens (including phenoxy) is 2. The fourth-order valence-corrected chi connectivity index (χ4v) is 5.16. The second-order valence-corrected chi connectivity index (χ2v) is 9.97. The molecule has 1 aliphatic rings. The average Bonchev–Trinajstić information content (AvgIpc) is 3.27. The smallest absolute Gasteiger partial charge is 0.487 e. The van der Waals surface area contributed by atoms with Crippen LogP contribution in [0, 0.1) is 18.7 Å². The van der Waals surface area contributed by atoms with Gasteiger partial charge in [-0.15, -0.1) is 13.2 Å². The lowest BCUT2D eigenvalue weighted by atomic mass is 9.78. The van der Waals surface area contributed by atoms with Crippen molar-refractivity contribution in [1.29, 1.82) is 0 Å². The van der Waals surface area contributed by atoms with Gasteiger partial charge in [-0.2, -0.15) is 0 Å². The molecule has 0 radical (unpaired) electrons. The highest BCUT2D eigenvalue weighted by Gasteiger charge is 2.36. The summed E-state index contributed by atoms with van der Waals surface area (Å²) in [6.45, 7) is 2.15. The molecule has 2 heterocycles. The molecule has 0 amide bonds. The van der Waals surface area contributed by atoms with Gasteiger partial charge in [-0.3, -0.25) is 9.78 Å². The van der Waals surface area contributed by atoms with Crippen molar-refractivity contribution in [1.82, 2.24) is 14.5 Å². The number of pyridine rings is 1. The Kier molecular flexibility index (Phi) is 7.64. The maximum atomic E-state index is 15.4. The minimum absolute atomic E-state index is 0.0718. The molecule has 2 aromatic carbocycles. The first-order chi connectivity index (χ1) is 19.1. The fraction of sp³-hybridized carbons (Fsp3) is 0.345. The molecule has 1 unspecified atom stereocenters. The van der Waals surface area contributed by atoms with E-state index in [1.54, 1.807) is 16.8 Å². The Morgan fingerprint density at radius 3 is 2.50 bits per heavy atom. The normalized spacial score (nSPS) is 17.6. The summed E-state index contributed by atoms with van der Waals surface area (Å²) in [5, 5.41) is 9.90. The summed E-state index contributed by atoms with van der Waals surface area (Å²) < 4.78 is 64.8. The van der Waals surface area contributed by atoms with Gasteiger partial charge in [0.1, 0.15) is 29.4 Å². The molecule has 0 aliphatic heterocycles. The number of carboxylic acids is 1. The van der Waals surface area contributed by atoms with Crippen molar-refractivity contribution in [3.05, 3.63) is 83.2 Å². The van der Waals surface area contributed by atoms with E-state index < -0.39 is 30.0 Å². The van der Waals surface area contributed by atoms with Crippen molar-refractivity contribution in [2.75, 3.05) is 0 Å². The summed E-state index contributed by atoms with van der Waals surface area (Å²) >= 11 is 0. The Balaban J connectivity index is 1.53. The zero-order valence-corrected chi connectivity index (χ0v) is 21.6. The van der Waals surface area contributed by atoms with Crippen LogP contribution in [-0.2, 0) is 17.9 Å². The maximum Gasteiger partial charge on any atom is 0.573 e. The van der Waals surface area contributed by atoms with Crippen LogP contribution in [0.3, 0.4) is 0 Å². The van der Waals surface area contributed by atoms with Crippen LogP contribution in [0.25, 0.3) is 11.0 Å². The number of carboxylic acid groups (broad SMARTS) is 1. The van der Waals surface area contributed by atoms with E-state index in [9.17, 15) is 23.1 Å². The Morgan fingerprint density at radius 1 is 1.07 bits per heavy atom. The van der Waals surface area contributed by atoms with Crippen LogP contribution in [0.2, 0.25) is 0 Å². The standard InChI is InChI=1S/C29H27F4N3O4/c1-17-6-9-19(34-14-17)16-39-21-12-24(30)26-25(13-21)36(15-18-7-10-20(11-8-18)40-29(31,32)33)27(35-26)22-4-2-3-5-23(22)28(37)38/h6-14,22-23H,2-5,15-16H2,1H3,(H,37,38)/t22-,23?/m0/s1. The number of carbonyl (C=O) groups is 1. The molecule has 40 heavy (non-hydrogen) atoms. The van der Waals surface area contributed by atoms with E-state index in [1.165, 1.54) is 30.3 Å². The second-order valence-electron chi connectivity index (χ2n) is 9.97. The molecule has 7 nitrogen and oxygen atoms in total. The number of alkyl halides is 3. The summed E-state index contributed by atoms with van der Waals surface area (Å²) in [5.74, 6) is -2.39. The highest BCUT2D eigenvalue weighted by molar-refractivity contribution is 5.79. The Labute approximate surface area is 227 Å². The van der Waals surface area contributed by atoms with E-state index in [-0.39, 0.29) is 30.2 Å². The summed E-state index contributed by atoms with van der Waals surface area (Å²) in [6, 6.07) is 11.9. The molecule has 0 bridgehead atoms. The molecule has 0 saturated heterocycles. The predicted molar refractivity (Wildman–Crippen MR) is 138 cm³/mol. The van der Waals surface area contributed by atoms with Gasteiger partial charge in [0.25, 0.3) is 0 Å². The van der Waals surface area contributed by atoms with Gasteiger partial charge in [0.15, 0.2) is 5.82 Å². The van der Waals surface area contributed by atoms with Crippen molar-refractivity contribution >= 4 is 17.0 Å². The summed E-state index contributed by atoms with van der Waals surface area (Å²) in [6.07, 6.45) is -0.479. The number of benzene rings is 2. The van der Waals surface area contributed by atoms with Crippen LogP contribution in [0.15, 0.2) is 54.7 Å². The van der Waals surface area contributed by atoms with Crippen molar-refractivity contribution in [2.24, 2.45) is 5.92 Å². The number of hydrogen-bond donors (Lipinski definition) is 1. The number of rotatable bonds is 8. The summed E-state index contributed by atoms with van der Waals surface area (Å²) in [7, 11) is 0. The maximum absolute atomic E-state index is 15.4. The molecule has 5 rings (SSSR count).